The summed E-state index contributed by atoms with van der Waals surface area (Å²) < 4.78 is 5.45. The summed E-state index contributed by atoms with van der Waals surface area (Å²) in [4.78, 5) is 25.9. The van der Waals surface area contributed by atoms with E-state index in [-0.39, 0.29) is 18.4 Å². The number of nitrogens with one attached hydrogen (secondary N) is 1. The molecule has 1 aliphatic heterocycles. The van der Waals surface area contributed by atoms with Crippen LogP contribution in [0.3, 0.4) is 0 Å². The Hall–Kier alpha value is -2.04. The van der Waals surface area contributed by atoms with E-state index in [2.05, 4.69) is 5.32 Å². The first-order chi connectivity index (χ1) is 10.0. The Labute approximate surface area is 125 Å². The fourth-order valence-electron chi connectivity index (χ4n) is 2.47. The van der Waals surface area contributed by atoms with Gasteiger partial charge in [0.15, 0.2) is 0 Å². The van der Waals surface area contributed by atoms with E-state index in [4.69, 9.17) is 4.74 Å². The molecule has 21 heavy (non-hydrogen) atoms. The van der Waals surface area contributed by atoms with Crippen LogP contribution in [-0.4, -0.2) is 31.0 Å². The number of anilines is 1. The van der Waals surface area contributed by atoms with Gasteiger partial charge in [-0.25, -0.2) is 0 Å². The molecule has 1 aromatic rings. The van der Waals surface area contributed by atoms with Crippen LogP contribution in [0.2, 0.25) is 0 Å². The number of hydrogen-bond donors (Lipinski definition) is 1. The first kappa shape index (κ1) is 15.4. The Kier molecular flexibility index (Phi) is 4.83. The van der Waals surface area contributed by atoms with Crippen LogP contribution in [0, 0.1) is 5.92 Å². The molecule has 1 unspecified atom stereocenters. The average Bonchev–Trinajstić information content (AvgIpc) is 2.42. The van der Waals surface area contributed by atoms with Crippen molar-refractivity contribution in [1.29, 1.82) is 0 Å². The van der Waals surface area contributed by atoms with Gasteiger partial charge in [-0.1, -0.05) is 19.9 Å². The minimum atomic E-state index is -0.443. The topological polar surface area (TPSA) is 58.6 Å². The third-order valence-electron chi connectivity index (χ3n) is 3.35. The maximum absolute atomic E-state index is 12.5. The molecule has 0 aliphatic carbocycles. The van der Waals surface area contributed by atoms with Gasteiger partial charge in [0.2, 0.25) is 11.8 Å². The van der Waals surface area contributed by atoms with E-state index in [0.29, 0.717) is 30.4 Å². The Morgan fingerprint density at radius 3 is 2.81 bits per heavy atom. The molecule has 1 atom stereocenters. The summed E-state index contributed by atoms with van der Waals surface area (Å²) in [5.74, 6) is 0.863. The number of amides is 2. The molecular weight excluding hydrogens is 268 g/mol. The van der Waals surface area contributed by atoms with Crippen molar-refractivity contribution in [3.05, 3.63) is 24.3 Å². The highest BCUT2D eigenvalue weighted by molar-refractivity contribution is 6.06. The van der Waals surface area contributed by atoms with Gasteiger partial charge in [0.05, 0.1) is 6.61 Å². The van der Waals surface area contributed by atoms with Crippen molar-refractivity contribution in [3.63, 3.8) is 0 Å². The van der Waals surface area contributed by atoms with Crippen LogP contribution in [0.5, 0.6) is 5.75 Å². The number of rotatable bonds is 5. The Balaban J connectivity index is 2.22. The second kappa shape index (κ2) is 6.61. The molecule has 1 heterocycles. The summed E-state index contributed by atoms with van der Waals surface area (Å²) in [6.45, 7) is 6.60. The number of carbonyl (C=O) groups excluding carboxylic acids is 2. The van der Waals surface area contributed by atoms with Crippen LogP contribution in [0.4, 0.5) is 5.69 Å². The molecule has 2 amide bonds. The second-order valence-electron chi connectivity index (χ2n) is 5.60. The molecule has 0 spiro atoms. The molecule has 1 fully saturated rings. The fraction of sp³-hybridized carbons (Fsp3) is 0.500. The third kappa shape index (κ3) is 3.74. The van der Waals surface area contributed by atoms with Crippen LogP contribution in [0.25, 0.3) is 0 Å². The number of benzene rings is 1. The molecule has 2 rings (SSSR count). The summed E-state index contributed by atoms with van der Waals surface area (Å²) in [6.07, 6.45) is 0.645. The number of carbonyl (C=O) groups is 2. The van der Waals surface area contributed by atoms with Gasteiger partial charge in [0.25, 0.3) is 0 Å². The lowest BCUT2D eigenvalue weighted by molar-refractivity contribution is -0.131. The molecule has 1 aromatic carbocycles. The minimum absolute atomic E-state index is 0.0584. The molecule has 5 nitrogen and oxygen atoms in total. The van der Waals surface area contributed by atoms with E-state index in [1.807, 2.05) is 39.0 Å². The van der Waals surface area contributed by atoms with Crippen molar-refractivity contribution in [2.45, 2.75) is 33.2 Å². The van der Waals surface area contributed by atoms with E-state index in [9.17, 15) is 9.59 Å². The van der Waals surface area contributed by atoms with Gasteiger partial charge in [-0.05, 0) is 31.4 Å². The lowest BCUT2D eigenvalue weighted by Gasteiger charge is -2.33. The first-order valence-electron chi connectivity index (χ1n) is 7.35. The molecular formula is C16H22N2O3. The number of ether oxygens (including phenoxy) is 1. The van der Waals surface area contributed by atoms with Gasteiger partial charge < -0.3 is 15.0 Å². The minimum Gasteiger partial charge on any atom is -0.494 e. The van der Waals surface area contributed by atoms with Gasteiger partial charge >= 0.3 is 0 Å². The summed E-state index contributed by atoms with van der Waals surface area (Å²) >= 11 is 0. The number of hydrogen-bond acceptors (Lipinski definition) is 3. The Bertz CT molecular complexity index is 528. The average molecular weight is 290 g/mol. The van der Waals surface area contributed by atoms with Crippen molar-refractivity contribution >= 4 is 17.5 Å². The maximum Gasteiger partial charge on any atom is 0.250 e. The zero-order valence-corrected chi connectivity index (χ0v) is 12.8. The maximum atomic E-state index is 12.5. The predicted octanol–water partition coefficient (Wildman–Crippen LogP) is 1.96. The van der Waals surface area contributed by atoms with Crippen LogP contribution in [0.1, 0.15) is 27.2 Å². The van der Waals surface area contributed by atoms with E-state index in [1.165, 1.54) is 4.90 Å². The van der Waals surface area contributed by atoms with Gasteiger partial charge in [-0.2, -0.15) is 0 Å². The molecule has 0 aromatic heterocycles. The van der Waals surface area contributed by atoms with Gasteiger partial charge in [0.1, 0.15) is 18.3 Å². The SMILES string of the molecule is CCOc1cccc(N2CC(=O)NC(CC(C)C)C2=O)c1. The largest absolute Gasteiger partial charge is 0.494 e. The van der Waals surface area contributed by atoms with Crippen molar-refractivity contribution in [3.8, 4) is 5.75 Å². The van der Waals surface area contributed by atoms with Crippen LogP contribution in [-0.2, 0) is 9.59 Å². The van der Waals surface area contributed by atoms with Gasteiger partial charge in [0, 0.05) is 11.8 Å². The van der Waals surface area contributed by atoms with Crippen molar-refractivity contribution in [2.24, 2.45) is 5.92 Å². The molecule has 0 bridgehead atoms. The van der Waals surface area contributed by atoms with Crippen LogP contribution >= 0.6 is 0 Å². The smallest absolute Gasteiger partial charge is 0.250 e. The van der Waals surface area contributed by atoms with Crippen molar-refractivity contribution in [2.75, 3.05) is 18.1 Å². The molecule has 1 aliphatic rings. The lowest BCUT2D eigenvalue weighted by atomic mass is 10.0. The fourth-order valence-corrected chi connectivity index (χ4v) is 2.47. The zero-order chi connectivity index (χ0) is 15.4. The van der Waals surface area contributed by atoms with E-state index in [0.717, 1.165) is 0 Å². The van der Waals surface area contributed by atoms with Gasteiger partial charge in [-0.15, -0.1) is 0 Å². The normalized spacial score (nSPS) is 18.9. The Morgan fingerprint density at radius 1 is 1.38 bits per heavy atom. The second-order valence-corrected chi connectivity index (χ2v) is 5.60. The number of piperazine rings is 1. The van der Waals surface area contributed by atoms with Crippen LogP contribution < -0.4 is 15.0 Å². The molecule has 0 radical (unpaired) electrons. The van der Waals surface area contributed by atoms with E-state index < -0.39 is 6.04 Å². The lowest BCUT2D eigenvalue weighted by Crippen LogP contribution is -2.58. The number of nitrogens with zero attached hydrogens (tertiary/aromatic N) is 1. The summed E-state index contributed by atoms with van der Waals surface area (Å²) in [5.41, 5.74) is 0.703. The molecule has 5 heteroatoms. The van der Waals surface area contributed by atoms with Crippen molar-refractivity contribution in [1.82, 2.24) is 5.32 Å². The molecule has 0 saturated carbocycles. The zero-order valence-electron chi connectivity index (χ0n) is 12.8. The predicted molar refractivity (Wildman–Crippen MR) is 81.3 cm³/mol. The van der Waals surface area contributed by atoms with E-state index in [1.54, 1.807) is 6.07 Å². The monoisotopic (exact) mass is 290 g/mol. The van der Waals surface area contributed by atoms with E-state index >= 15 is 0 Å². The highest BCUT2D eigenvalue weighted by Crippen LogP contribution is 2.24. The molecule has 114 valence electrons. The molecule has 1 N–H and O–H groups in total. The summed E-state index contributed by atoms with van der Waals surface area (Å²) in [6, 6.07) is 6.85. The Morgan fingerprint density at radius 2 is 2.14 bits per heavy atom. The molecule has 1 saturated heterocycles. The van der Waals surface area contributed by atoms with Gasteiger partial charge in [-0.3, -0.25) is 9.59 Å². The highest BCUT2D eigenvalue weighted by atomic mass is 16.5. The third-order valence-corrected chi connectivity index (χ3v) is 3.35. The summed E-state index contributed by atoms with van der Waals surface area (Å²) in [5, 5.41) is 2.78. The highest BCUT2D eigenvalue weighted by Gasteiger charge is 2.33. The van der Waals surface area contributed by atoms with Crippen LogP contribution in [0.15, 0.2) is 24.3 Å². The quantitative estimate of drug-likeness (QED) is 0.902. The first-order valence-corrected chi connectivity index (χ1v) is 7.35. The van der Waals surface area contributed by atoms with Crippen molar-refractivity contribution < 1.29 is 14.3 Å². The summed E-state index contributed by atoms with van der Waals surface area (Å²) in [7, 11) is 0. The standard InChI is InChI=1S/C16H22N2O3/c1-4-21-13-7-5-6-12(9-13)18-10-15(19)17-14(16(18)20)8-11(2)3/h5-7,9,11,14H,4,8,10H2,1-3H3,(H,17,19).